The third-order valence-corrected chi connectivity index (χ3v) is 4.54. The molecule has 0 aliphatic heterocycles. The number of amides is 1. The monoisotopic (exact) mass is 341 g/mol. The molecule has 0 fully saturated rings. The third kappa shape index (κ3) is 3.89. The van der Waals surface area contributed by atoms with Crippen molar-refractivity contribution < 1.29 is 9.18 Å². The summed E-state index contributed by atoms with van der Waals surface area (Å²) in [4.78, 5) is 21.0. The lowest BCUT2D eigenvalue weighted by Crippen LogP contribution is -2.25. The zero-order valence-corrected chi connectivity index (χ0v) is 13.9. The maximum Gasteiger partial charge on any atom is 0.230 e. The van der Waals surface area contributed by atoms with Crippen LogP contribution in [0.5, 0.6) is 0 Å². The fourth-order valence-electron chi connectivity index (χ4n) is 2.23. The van der Waals surface area contributed by atoms with Crippen molar-refractivity contribution in [2.75, 3.05) is 5.75 Å². The second-order valence-corrected chi connectivity index (χ2v) is 6.22. The lowest BCUT2D eigenvalue weighted by molar-refractivity contribution is -0.118. The third-order valence-electron chi connectivity index (χ3n) is 3.48. The number of aromatic nitrogens is 2. The van der Waals surface area contributed by atoms with Crippen LogP contribution in [0.2, 0.25) is 0 Å². The number of nitrogens with one attached hydrogen (secondary N) is 1. The molecule has 0 saturated carbocycles. The van der Waals surface area contributed by atoms with Gasteiger partial charge in [0.2, 0.25) is 5.91 Å². The minimum atomic E-state index is -0.318. The van der Waals surface area contributed by atoms with Gasteiger partial charge < -0.3 is 5.32 Å². The van der Waals surface area contributed by atoms with E-state index >= 15 is 0 Å². The van der Waals surface area contributed by atoms with Crippen molar-refractivity contribution >= 4 is 28.7 Å². The second-order valence-electron chi connectivity index (χ2n) is 5.26. The fraction of sp³-hybridized carbons (Fsp3) is 0.167. The van der Waals surface area contributed by atoms with Gasteiger partial charge in [0.1, 0.15) is 10.8 Å². The van der Waals surface area contributed by atoms with Crippen LogP contribution in [0.3, 0.4) is 0 Å². The minimum absolute atomic E-state index is 0.169. The van der Waals surface area contributed by atoms with Crippen molar-refractivity contribution in [3.8, 4) is 0 Å². The molecule has 0 saturated heterocycles. The van der Waals surface area contributed by atoms with E-state index in [9.17, 15) is 9.18 Å². The SMILES string of the molecule is Cc1nc2ccccc2nc1SCC(=O)NCc1ccccc1F. The molecule has 0 aliphatic rings. The number of thioether (sulfide) groups is 1. The maximum atomic E-state index is 13.5. The molecule has 3 rings (SSSR count). The average molecular weight is 341 g/mol. The number of carbonyl (C=O) groups excluding carboxylic acids is 1. The molecule has 2 aromatic carbocycles. The van der Waals surface area contributed by atoms with E-state index in [1.54, 1.807) is 18.2 Å². The van der Waals surface area contributed by atoms with Crippen molar-refractivity contribution in [1.82, 2.24) is 15.3 Å². The van der Waals surface area contributed by atoms with E-state index in [0.717, 1.165) is 21.8 Å². The number of hydrogen-bond acceptors (Lipinski definition) is 4. The van der Waals surface area contributed by atoms with E-state index in [4.69, 9.17) is 0 Å². The summed E-state index contributed by atoms with van der Waals surface area (Å²) >= 11 is 1.33. The summed E-state index contributed by atoms with van der Waals surface area (Å²) in [6, 6.07) is 14.0. The molecule has 24 heavy (non-hydrogen) atoms. The van der Waals surface area contributed by atoms with Gasteiger partial charge in [-0.25, -0.2) is 14.4 Å². The summed E-state index contributed by atoms with van der Waals surface area (Å²) in [7, 11) is 0. The Morgan fingerprint density at radius 2 is 1.75 bits per heavy atom. The predicted octanol–water partition coefficient (Wildman–Crippen LogP) is 3.49. The zero-order valence-electron chi connectivity index (χ0n) is 13.1. The Labute approximate surface area is 143 Å². The first-order valence-corrected chi connectivity index (χ1v) is 8.48. The van der Waals surface area contributed by atoms with Crippen molar-refractivity contribution in [2.24, 2.45) is 0 Å². The molecular weight excluding hydrogens is 325 g/mol. The van der Waals surface area contributed by atoms with Crippen LogP contribution in [0.25, 0.3) is 11.0 Å². The number of carbonyl (C=O) groups is 1. The molecule has 1 aromatic heterocycles. The predicted molar refractivity (Wildman–Crippen MR) is 93.2 cm³/mol. The fourth-order valence-corrected chi connectivity index (χ4v) is 3.02. The highest BCUT2D eigenvalue weighted by Gasteiger charge is 2.09. The summed E-state index contributed by atoms with van der Waals surface area (Å²) in [6.07, 6.45) is 0. The Balaban J connectivity index is 1.60. The van der Waals surface area contributed by atoms with Crippen LogP contribution in [0, 0.1) is 12.7 Å². The normalized spacial score (nSPS) is 10.8. The first-order valence-electron chi connectivity index (χ1n) is 7.50. The van der Waals surface area contributed by atoms with E-state index in [2.05, 4.69) is 15.3 Å². The van der Waals surface area contributed by atoms with Crippen LogP contribution < -0.4 is 5.32 Å². The van der Waals surface area contributed by atoms with Gasteiger partial charge in [-0.15, -0.1) is 0 Å². The van der Waals surface area contributed by atoms with Gasteiger partial charge in [0, 0.05) is 12.1 Å². The molecule has 4 nitrogen and oxygen atoms in total. The number of benzene rings is 2. The molecule has 0 unspecified atom stereocenters. The van der Waals surface area contributed by atoms with Gasteiger partial charge in [-0.05, 0) is 25.1 Å². The van der Waals surface area contributed by atoms with Crippen LogP contribution in [0.15, 0.2) is 53.6 Å². The Bertz CT molecular complexity index is 885. The lowest BCUT2D eigenvalue weighted by Gasteiger charge is -2.08. The van der Waals surface area contributed by atoms with Gasteiger partial charge in [0.05, 0.1) is 22.5 Å². The molecule has 0 radical (unpaired) electrons. The van der Waals surface area contributed by atoms with E-state index in [0.29, 0.717) is 5.56 Å². The topological polar surface area (TPSA) is 54.9 Å². The number of halogens is 1. The van der Waals surface area contributed by atoms with Gasteiger partial charge in [-0.2, -0.15) is 0 Å². The smallest absolute Gasteiger partial charge is 0.230 e. The highest BCUT2D eigenvalue weighted by atomic mass is 32.2. The van der Waals surface area contributed by atoms with Crippen LogP contribution in [-0.2, 0) is 11.3 Å². The highest BCUT2D eigenvalue weighted by Crippen LogP contribution is 2.21. The van der Waals surface area contributed by atoms with E-state index < -0.39 is 0 Å². The molecule has 1 N–H and O–H groups in total. The van der Waals surface area contributed by atoms with Gasteiger partial charge >= 0.3 is 0 Å². The summed E-state index contributed by atoms with van der Waals surface area (Å²) in [5.41, 5.74) is 2.90. The van der Waals surface area contributed by atoms with E-state index in [-0.39, 0.29) is 24.0 Å². The number of nitrogens with zero attached hydrogens (tertiary/aromatic N) is 2. The van der Waals surface area contributed by atoms with E-state index in [1.807, 2.05) is 31.2 Å². The van der Waals surface area contributed by atoms with Gasteiger partial charge in [0.25, 0.3) is 0 Å². The van der Waals surface area contributed by atoms with Gasteiger partial charge in [-0.1, -0.05) is 42.1 Å². The summed E-state index contributed by atoms with van der Waals surface area (Å²) in [6.45, 7) is 2.05. The van der Waals surface area contributed by atoms with Gasteiger partial charge in [0.15, 0.2) is 0 Å². The van der Waals surface area contributed by atoms with Gasteiger partial charge in [-0.3, -0.25) is 4.79 Å². The quantitative estimate of drug-likeness (QED) is 0.722. The number of aryl methyl sites for hydroxylation is 1. The molecule has 0 spiro atoms. The van der Waals surface area contributed by atoms with Crippen LogP contribution in [0.4, 0.5) is 4.39 Å². The van der Waals surface area contributed by atoms with Crippen molar-refractivity contribution in [1.29, 1.82) is 0 Å². The molecule has 6 heteroatoms. The largest absolute Gasteiger partial charge is 0.351 e. The number of para-hydroxylation sites is 2. The summed E-state index contributed by atoms with van der Waals surface area (Å²) in [5, 5.41) is 3.45. The maximum absolute atomic E-state index is 13.5. The number of rotatable bonds is 5. The van der Waals surface area contributed by atoms with Crippen LogP contribution in [-0.4, -0.2) is 21.6 Å². The first-order chi connectivity index (χ1) is 11.6. The Kier molecular flexibility index (Phi) is 5.05. The first kappa shape index (κ1) is 16.4. The van der Waals surface area contributed by atoms with Crippen molar-refractivity contribution in [2.45, 2.75) is 18.5 Å². The summed E-state index contributed by atoms with van der Waals surface area (Å²) < 4.78 is 13.5. The van der Waals surface area contributed by atoms with Crippen LogP contribution >= 0.6 is 11.8 Å². The number of fused-ring (bicyclic) bond motifs is 1. The van der Waals surface area contributed by atoms with Crippen molar-refractivity contribution in [3.63, 3.8) is 0 Å². The standard InChI is InChI=1S/C18H16FN3OS/c1-12-18(22-16-9-5-4-8-15(16)21-12)24-11-17(23)20-10-13-6-2-3-7-14(13)19/h2-9H,10-11H2,1H3,(H,20,23). The second kappa shape index (κ2) is 7.40. The Hall–Kier alpha value is -2.47. The zero-order chi connectivity index (χ0) is 16.9. The molecule has 1 amide bonds. The average Bonchev–Trinajstić information content (AvgIpc) is 2.59. The molecule has 0 aliphatic carbocycles. The Morgan fingerprint density at radius 3 is 2.50 bits per heavy atom. The van der Waals surface area contributed by atoms with E-state index in [1.165, 1.54) is 17.8 Å². The lowest BCUT2D eigenvalue weighted by atomic mass is 10.2. The molecular formula is C18H16FN3OS. The van der Waals surface area contributed by atoms with Crippen LogP contribution in [0.1, 0.15) is 11.3 Å². The highest BCUT2D eigenvalue weighted by molar-refractivity contribution is 7.99. The molecule has 0 atom stereocenters. The minimum Gasteiger partial charge on any atom is -0.351 e. The molecule has 122 valence electrons. The van der Waals surface area contributed by atoms with Crippen molar-refractivity contribution in [3.05, 3.63) is 65.6 Å². The Morgan fingerprint density at radius 1 is 1.08 bits per heavy atom. The number of hydrogen-bond donors (Lipinski definition) is 1. The molecule has 3 aromatic rings. The molecule has 1 heterocycles. The summed E-state index contributed by atoms with van der Waals surface area (Å²) in [5.74, 6) is -0.276. The molecule has 0 bridgehead atoms.